The van der Waals surface area contributed by atoms with Crippen molar-refractivity contribution in [2.75, 3.05) is 65.2 Å². The molecule has 0 aliphatic carbocycles. The summed E-state index contributed by atoms with van der Waals surface area (Å²) in [6.07, 6.45) is 5.44. The van der Waals surface area contributed by atoms with Crippen LogP contribution in [0.5, 0.6) is 5.75 Å². The number of hydrogen-bond acceptors (Lipinski definition) is 10. The molecule has 2 heterocycles. The van der Waals surface area contributed by atoms with E-state index in [0.29, 0.717) is 54.7 Å². The Labute approximate surface area is 264 Å². The highest BCUT2D eigenvalue weighted by atomic mass is 16.5. The molecule has 0 bridgehead atoms. The summed E-state index contributed by atoms with van der Waals surface area (Å²) in [4.78, 5) is 49.9. The van der Waals surface area contributed by atoms with Gasteiger partial charge in [-0.15, -0.1) is 0 Å². The van der Waals surface area contributed by atoms with Gasteiger partial charge in [0.25, 0.3) is 5.91 Å². The molecular formula is C32H44N8O5. The summed E-state index contributed by atoms with van der Waals surface area (Å²) in [5.41, 5.74) is 7.49. The Morgan fingerprint density at radius 3 is 2.53 bits per heavy atom. The molecule has 242 valence electrons. The number of nitrogens with one attached hydrogen (secondary N) is 3. The summed E-state index contributed by atoms with van der Waals surface area (Å²) in [6, 6.07) is 4.74. The molecule has 5 N–H and O–H groups in total. The van der Waals surface area contributed by atoms with Crippen LogP contribution in [-0.4, -0.2) is 104 Å². The Kier molecular flexibility index (Phi) is 13.1. The zero-order chi connectivity index (χ0) is 32.9. The van der Waals surface area contributed by atoms with Crippen LogP contribution in [0.3, 0.4) is 0 Å². The number of likely N-dealkylation sites (N-methyl/N-ethyl adjacent to an activating group) is 2. The minimum Gasteiger partial charge on any atom is -0.497 e. The number of carbonyl (C=O) groups is 3. The van der Waals surface area contributed by atoms with Gasteiger partial charge in [0.2, 0.25) is 11.8 Å². The van der Waals surface area contributed by atoms with Gasteiger partial charge in [0, 0.05) is 56.2 Å². The molecular weight excluding hydrogens is 576 g/mol. The average Bonchev–Trinajstić information content (AvgIpc) is 3.02. The van der Waals surface area contributed by atoms with Gasteiger partial charge in [-0.05, 0) is 52.4 Å². The quantitative estimate of drug-likeness (QED) is 0.192. The monoisotopic (exact) mass is 620 g/mol. The summed E-state index contributed by atoms with van der Waals surface area (Å²) in [6.45, 7) is 5.62. The Balaban J connectivity index is 1.74. The van der Waals surface area contributed by atoms with E-state index in [1.54, 1.807) is 38.2 Å². The van der Waals surface area contributed by atoms with Gasteiger partial charge in [-0.25, -0.2) is 9.97 Å². The minimum absolute atomic E-state index is 0.0216. The minimum atomic E-state index is -0.706. The molecule has 1 saturated heterocycles. The lowest BCUT2D eigenvalue weighted by molar-refractivity contribution is -0.134. The van der Waals surface area contributed by atoms with Gasteiger partial charge >= 0.3 is 0 Å². The average molecular weight is 621 g/mol. The van der Waals surface area contributed by atoms with E-state index in [1.165, 1.54) is 18.1 Å². The third-order valence-electron chi connectivity index (χ3n) is 7.13. The fraction of sp³-hybridized carbons (Fsp3) is 0.469. The predicted molar refractivity (Wildman–Crippen MR) is 173 cm³/mol. The summed E-state index contributed by atoms with van der Waals surface area (Å²) in [7, 11) is 6.92. The SMILES string of the molecule is CCc1nc(C(N)=O)c(Nc2cc(C#CCNC(=O)[C@H](C)N(C)C(=O)/C=C/CN(C)C)cc(OC)c2)nc1NC1CCOCC1. The number of ether oxygens (including phenoxy) is 2. The molecule has 1 aliphatic rings. The largest absolute Gasteiger partial charge is 0.497 e. The van der Waals surface area contributed by atoms with E-state index < -0.39 is 11.9 Å². The molecule has 3 rings (SSSR count). The topological polar surface area (TPSA) is 164 Å². The van der Waals surface area contributed by atoms with Gasteiger partial charge in [0.15, 0.2) is 17.3 Å². The number of aromatic nitrogens is 2. The Morgan fingerprint density at radius 1 is 1.16 bits per heavy atom. The van der Waals surface area contributed by atoms with Gasteiger partial charge in [-0.1, -0.05) is 24.8 Å². The van der Waals surface area contributed by atoms with E-state index in [2.05, 4.69) is 32.8 Å². The molecule has 0 spiro atoms. The zero-order valence-electron chi connectivity index (χ0n) is 26.9. The van der Waals surface area contributed by atoms with Crippen LogP contribution >= 0.6 is 0 Å². The standard InChI is InChI=1S/C32H44N8O5/c1-7-26-30(35-23-12-16-45-17-13-23)38-31(28(37-26)29(33)42)36-24-18-22(19-25(20-24)44-6)10-8-14-34-32(43)21(2)40(5)27(41)11-9-15-39(3)4/h9,11,18-21,23H,7,12-17H2,1-6H3,(H2,33,42)(H,34,43)(H2,35,36,38)/b11-9+/t21-/m0/s1. The number of amides is 3. The number of benzene rings is 1. The van der Waals surface area contributed by atoms with E-state index in [9.17, 15) is 14.4 Å². The number of hydrogen-bond donors (Lipinski definition) is 4. The molecule has 0 saturated carbocycles. The van der Waals surface area contributed by atoms with Gasteiger partial charge in [0.1, 0.15) is 11.8 Å². The summed E-state index contributed by atoms with van der Waals surface area (Å²) in [5.74, 6) is 5.97. The van der Waals surface area contributed by atoms with Crippen LogP contribution in [0.1, 0.15) is 48.4 Å². The van der Waals surface area contributed by atoms with Crippen LogP contribution in [0, 0.1) is 11.8 Å². The van der Waals surface area contributed by atoms with Crippen LogP contribution in [0.2, 0.25) is 0 Å². The van der Waals surface area contributed by atoms with Crippen molar-refractivity contribution >= 4 is 35.0 Å². The fourth-order valence-electron chi connectivity index (χ4n) is 4.40. The first-order chi connectivity index (χ1) is 21.5. The van der Waals surface area contributed by atoms with Gasteiger partial charge in [0.05, 0.1) is 19.3 Å². The summed E-state index contributed by atoms with van der Waals surface area (Å²) < 4.78 is 10.9. The first-order valence-corrected chi connectivity index (χ1v) is 14.9. The normalized spacial score (nSPS) is 13.9. The van der Waals surface area contributed by atoms with Crippen molar-refractivity contribution in [2.45, 2.75) is 45.2 Å². The fourth-order valence-corrected chi connectivity index (χ4v) is 4.40. The van der Waals surface area contributed by atoms with E-state index >= 15 is 0 Å². The molecule has 45 heavy (non-hydrogen) atoms. The molecule has 1 aromatic carbocycles. The Bertz CT molecular complexity index is 1440. The molecule has 1 fully saturated rings. The lowest BCUT2D eigenvalue weighted by atomic mass is 10.1. The smallest absolute Gasteiger partial charge is 0.271 e. The first kappa shape index (κ1) is 34.8. The van der Waals surface area contributed by atoms with E-state index in [4.69, 9.17) is 20.2 Å². The number of nitrogens with zero attached hydrogens (tertiary/aromatic N) is 4. The van der Waals surface area contributed by atoms with E-state index in [1.807, 2.05) is 25.9 Å². The van der Waals surface area contributed by atoms with Gasteiger partial charge < -0.3 is 41.0 Å². The molecule has 0 unspecified atom stereocenters. The molecule has 13 heteroatoms. The van der Waals surface area contributed by atoms with Crippen LogP contribution in [0.4, 0.5) is 17.3 Å². The maximum absolute atomic E-state index is 12.6. The molecule has 2 aromatic rings. The number of carbonyl (C=O) groups excluding carboxylic acids is 3. The maximum Gasteiger partial charge on any atom is 0.271 e. The molecule has 0 radical (unpaired) electrons. The van der Waals surface area contributed by atoms with Crippen molar-refractivity contribution in [1.82, 2.24) is 25.1 Å². The zero-order valence-corrected chi connectivity index (χ0v) is 26.9. The number of rotatable bonds is 13. The second-order valence-corrected chi connectivity index (χ2v) is 10.8. The summed E-state index contributed by atoms with van der Waals surface area (Å²) >= 11 is 0. The van der Waals surface area contributed by atoms with Crippen molar-refractivity contribution in [2.24, 2.45) is 5.73 Å². The number of methoxy groups -OCH3 is 1. The van der Waals surface area contributed by atoms with E-state index in [0.717, 1.165) is 12.8 Å². The van der Waals surface area contributed by atoms with Crippen LogP contribution in [0.15, 0.2) is 30.4 Å². The molecule has 1 aromatic heterocycles. The second kappa shape index (κ2) is 17.0. The van der Waals surface area contributed by atoms with Crippen molar-refractivity contribution in [3.8, 4) is 17.6 Å². The highest BCUT2D eigenvalue weighted by Crippen LogP contribution is 2.27. The van der Waals surface area contributed by atoms with E-state index in [-0.39, 0.29) is 35.9 Å². The number of primary amides is 1. The van der Waals surface area contributed by atoms with Crippen molar-refractivity contribution in [3.63, 3.8) is 0 Å². The lowest BCUT2D eigenvalue weighted by Crippen LogP contribution is -2.45. The molecule has 3 amide bonds. The van der Waals surface area contributed by atoms with Gasteiger partial charge in [-0.3, -0.25) is 14.4 Å². The Morgan fingerprint density at radius 2 is 1.89 bits per heavy atom. The van der Waals surface area contributed by atoms with Crippen LogP contribution in [-0.2, 0) is 20.7 Å². The third kappa shape index (κ3) is 10.5. The number of anilines is 3. The van der Waals surface area contributed by atoms with Crippen LogP contribution < -0.4 is 26.4 Å². The second-order valence-electron chi connectivity index (χ2n) is 10.8. The van der Waals surface area contributed by atoms with Gasteiger partial charge in [-0.2, -0.15) is 0 Å². The van der Waals surface area contributed by atoms with Crippen molar-refractivity contribution < 1.29 is 23.9 Å². The first-order valence-electron chi connectivity index (χ1n) is 14.9. The number of aryl methyl sites for hydroxylation is 1. The predicted octanol–water partition coefficient (Wildman–Crippen LogP) is 1.91. The molecule has 13 nitrogen and oxygen atoms in total. The molecule has 1 atom stereocenters. The highest BCUT2D eigenvalue weighted by Gasteiger charge is 2.22. The number of nitrogens with two attached hydrogens (primary N) is 1. The molecule has 1 aliphatic heterocycles. The van der Waals surface area contributed by atoms with Crippen molar-refractivity contribution in [1.29, 1.82) is 0 Å². The van der Waals surface area contributed by atoms with Crippen molar-refractivity contribution in [3.05, 3.63) is 47.3 Å². The third-order valence-corrected chi connectivity index (χ3v) is 7.13. The summed E-state index contributed by atoms with van der Waals surface area (Å²) in [5, 5.41) is 9.36. The highest BCUT2D eigenvalue weighted by molar-refractivity contribution is 5.96. The van der Waals surface area contributed by atoms with Crippen LogP contribution in [0.25, 0.3) is 0 Å². The Hall–Kier alpha value is -4.67. The lowest BCUT2D eigenvalue weighted by Gasteiger charge is -2.25. The maximum atomic E-state index is 12.6.